The highest BCUT2D eigenvalue weighted by Gasteiger charge is 2.20. The second-order valence-corrected chi connectivity index (χ2v) is 4.50. The van der Waals surface area contributed by atoms with Crippen LogP contribution in [0, 0.1) is 11.8 Å². The summed E-state index contributed by atoms with van der Waals surface area (Å²) >= 11 is 0. The summed E-state index contributed by atoms with van der Waals surface area (Å²) in [6.45, 7) is 5.43. The van der Waals surface area contributed by atoms with Crippen LogP contribution in [0.3, 0.4) is 0 Å². The van der Waals surface area contributed by atoms with Crippen molar-refractivity contribution in [3.8, 4) is 0 Å². The fourth-order valence-electron chi connectivity index (χ4n) is 2.23. The summed E-state index contributed by atoms with van der Waals surface area (Å²) in [5.74, 6) is 1.47. The van der Waals surface area contributed by atoms with Crippen molar-refractivity contribution >= 4 is 0 Å². The minimum atomic E-state index is 0.157. The molecule has 2 nitrogen and oxygen atoms in total. The molecule has 2 rings (SSSR count). The van der Waals surface area contributed by atoms with Gasteiger partial charge in [-0.1, -0.05) is 19.9 Å². The summed E-state index contributed by atoms with van der Waals surface area (Å²) in [6, 6.07) is 5.60. The second-order valence-electron chi connectivity index (χ2n) is 4.50. The lowest BCUT2D eigenvalue weighted by molar-refractivity contribution is 0.298. The molecule has 76 valence electrons. The van der Waals surface area contributed by atoms with E-state index in [1.54, 1.807) is 6.07 Å². The molecule has 1 aromatic heterocycles. The lowest BCUT2D eigenvalue weighted by Gasteiger charge is -2.28. The maximum Gasteiger partial charge on any atom is 0.250 e. The van der Waals surface area contributed by atoms with E-state index in [0.29, 0.717) is 0 Å². The molecule has 1 atom stereocenters. The van der Waals surface area contributed by atoms with Crippen molar-refractivity contribution in [2.45, 2.75) is 33.2 Å². The van der Waals surface area contributed by atoms with E-state index >= 15 is 0 Å². The first-order chi connectivity index (χ1) is 6.68. The molecule has 0 bridgehead atoms. The molecule has 1 aromatic rings. The number of rotatable bonds is 1. The van der Waals surface area contributed by atoms with Gasteiger partial charge < -0.3 is 4.57 Å². The molecule has 0 saturated carbocycles. The van der Waals surface area contributed by atoms with Gasteiger partial charge >= 0.3 is 0 Å². The Morgan fingerprint density at radius 1 is 1.43 bits per heavy atom. The summed E-state index contributed by atoms with van der Waals surface area (Å²) in [7, 11) is 0. The molecule has 2 heterocycles. The third kappa shape index (κ3) is 1.61. The first-order valence-electron chi connectivity index (χ1n) is 5.37. The van der Waals surface area contributed by atoms with Crippen molar-refractivity contribution in [3.05, 3.63) is 34.2 Å². The van der Waals surface area contributed by atoms with Crippen LogP contribution in [0.4, 0.5) is 0 Å². The maximum absolute atomic E-state index is 11.5. The number of fused-ring (bicyclic) bond motifs is 1. The van der Waals surface area contributed by atoms with Crippen LogP contribution < -0.4 is 5.56 Å². The fourth-order valence-corrected chi connectivity index (χ4v) is 2.23. The Labute approximate surface area is 84.6 Å². The van der Waals surface area contributed by atoms with Gasteiger partial charge in [0.1, 0.15) is 0 Å². The topological polar surface area (TPSA) is 22.0 Å². The Bertz CT molecular complexity index is 378. The highest BCUT2D eigenvalue weighted by atomic mass is 16.1. The molecule has 14 heavy (non-hydrogen) atoms. The van der Waals surface area contributed by atoms with Gasteiger partial charge in [-0.15, -0.1) is 0 Å². The van der Waals surface area contributed by atoms with Crippen LogP contribution in [-0.2, 0) is 13.0 Å². The zero-order chi connectivity index (χ0) is 10.1. The zero-order valence-electron chi connectivity index (χ0n) is 8.86. The number of hydrogen-bond donors (Lipinski definition) is 0. The first kappa shape index (κ1) is 9.50. The van der Waals surface area contributed by atoms with Gasteiger partial charge in [-0.2, -0.15) is 0 Å². The molecule has 0 spiro atoms. The quantitative estimate of drug-likeness (QED) is 0.666. The van der Waals surface area contributed by atoms with Gasteiger partial charge in [-0.05, 0) is 30.7 Å². The van der Waals surface area contributed by atoms with Gasteiger partial charge in [0, 0.05) is 18.3 Å². The molecule has 0 aromatic carbocycles. The van der Waals surface area contributed by atoms with Crippen LogP contribution in [0.2, 0.25) is 0 Å². The van der Waals surface area contributed by atoms with Crippen LogP contribution in [0.5, 0.6) is 0 Å². The molecule has 0 amide bonds. The van der Waals surface area contributed by atoms with Crippen LogP contribution in [-0.4, -0.2) is 4.57 Å². The molecule has 0 radical (unpaired) electrons. The van der Waals surface area contributed by atoms with E-state index < -0.39 is 0 Å². The number of aromatic nitrogens is 1. The van der Waals surface area contributed by atoms with Crippen molar-refractivity contribution < 1.29 is 0 Å². The Morgan fingerprint density at radius 2 is 2.21 bits per heavy atom. The molecule has 0 saturated heterocycles. The van der Waals surface area contributed by atoms with Gasteiger partial charge in [0.15, 0.2) is 0 Å². The van der Waals surface area contributed by atoms with E-state index in [2.05, 4.69) is 19.9 Å². The fraction of sp³-hybridized carbons (Fsp3) is 0.583. The lowest BCUT2D eigenvalue weighted by atomic mass is 9.86. The van der Waals surface area contributed by atoms with Crippen LogP contribution >= 0.6 is 0 Å². The van der Waals surface area contributed by atoms with Crippen LogP contribution in [0.1, 0.15) is 26.0 Å². The SMILES string of the molecule is CC(C)C1CCn2c(cccc2=O)C1. The largest absolute Gasteiger partial charge is 0.313 e. The van der Waals surface area contributed by atoms with Gasteiger partial charge in [0.05, 0.1) is 0 Å². The molecule has 2 heteroatoms. The maximum atomic E-state index is 11.5. The minimum Gasteiger partial charge on any atom is -0.313 e. The highest BCUT2D eigenvalue weighted by Crippen LogP contribution is 2.24. The third-order valence-corrected chi connectivity index (χ3v) is 3.28. The van der Waals surface area contributed by atoms with E-state index in [0.717, 1.165) is 31.2 Å². The summed E-state index contributed by atoms with van der Waals surface area (Å²) in [6.07, 6.45) is 2.21. The first-order valence-corrected chi connectivity index (χ1v) is 5.37. The Morgan fingerprint density at radius 3 is 2.93 bits per heavy atom. The van der Waals surface area contributed by atoms with Crippen molar-refractivity contribution in [2.24, 2.45) is 11.8 Å². The van der Waals surface area contributed by atoms with Gasteiger partial charge in [-0.25, -0.2) is 0 Å². The summed E-state index contributed by atoms with van der Waals surface area (Å²) in [4.78, 5) is 11.5. The zero-order valence-corrected chi connectivity index (χ0v) is 8.86. The molecule has 1 unspecified atom stereocenters. The summed E-state index contributed by atoms with van der Waals surface area (Å²) in [5, 5.41) is 0. The highest BCUT2D eigenvalue weighted by molar-refractivity contribution is 5.09. The number of pyridine rings is 1. The molecule has 1 aliphatic rings. The molecule has 0 fully saturated rings. The Kier molecular flexibility index (Phi) is 2.44. The average molecular weight is 191 g/mol. The van der Waals surface area contributed by atoms with Crippen molar-refractivity contribution in [1.29, 1.82) is 0 Å². The van der Waals surface area contributed by atoms with Crippen LogP contribution in [0.15, 0.2) is 23.0 Å². The monoisotopic (exact) mass is 191 g/mol. The van der Waals surface area contributed by atoms with E-state index in [9.17, 15) is 4.79 Å². The Hall–Kier alpha value is -1.05. The third-order valence-electron chi connectivity index (χ3n) is 3.28. The lowest BCUT2D eigenvalue weighted by Crippen LogP contribution is -2.31. The van der Waals surface area contributed by atoms with Gasteiger partial charge in [0.25, 0.3) is 5.56 Å². The minimum absolute atomic E-state index is 0.157. The average Bonchev–Trinajstić information content (AvgIpc) is 2.17. The molecular weight excluding hydrogens is 174 g/mol. The Balaban J connectivity index is 2.32. The van der Waals surface area contributed by atoms with Crippen molar-refractivity contribution in [3.63, 3.8) is 0 Å². The van der Waals surface area contributed by atoms with Crippen molar-refractivity contribution in [2.75, 3.05) is 0 Å². The molecular formula is C12H17NO. The number of nitrogens with zero attached hydrogens (tertiary/aromatic N) is 1. The summed E-state index contributed by atoms with van der Waals surface area (Å²) in [5.41, 5.74) is 1.37. The summed E-state index contributed by atoms with van der Waals surface area (Å²) < 4.78 is 1.92. The molecule has 0 N–H and O–H groups in total. The normalized spacial score (nSPS) is 20.9. The van der Waals surface area contributed by atoms with E-state index in [4.69, 9.17) is 0 Å². The van der Waals surface area contributed by atoms with E-state index in [1.807, 2.05) is 10.6 Å². The molecule has 0 aliphatic carbocycles. The van der Waals surface area contributed by atoms with Gasteiger partial charge in [0.2, 0.25) is 0 Å². The van der Waals surface area contributed by atoms with E-state index in [1.165, 1.54) is 5.69 Å². The van der Waals surface area contributed by atoms with Crippen molar-refractivity contribution in [1.82, 2.24) is 4.57 Å². The smallest absolute Gasteiger partial charge is 0.250 e. The number of hydrogen-bond acceptors (Lipinski definition) is 1. The molecule has 1 aliphatic heterocycles. The standard InChI is InChI=1S/C12H17NO/c1-9(2)10-6-7-13-11(8-10)4-3-5-12(13)14/h3-5,9-10H,6-8H2,1-2H3. The van der Waals surface area contributed by atoms with Crippen LogP contribution in [0.25, 0.3) is 0 Å². The predicted octanol–water partition coefficient (Wildman–Crippen LogP) is 2.07. The second kappa shape index (κ2) is 3.60. The van der Waals surface area contributed by atoms with Gasteiger partial charge in [-0.3, -0.25) is 4.79 Å². The predicted molar refractivity (Wildman–Crippen MR) is 57.4 cm³/mol. The van der Waals surface area contributed by atoms with E-state index in [-0.39, 0.29) is 5.56 Å².